The molecule has 2 aromatic carbocycles. The van der Waals surface area contributed by atoms with Crippen LogP contribution in [0, 0.1) is 12.8 Å². The van der Waals surface area contributed by atoms with E-state index in [9.17, 15) is 0 Å². The van der Waals surface area contributed by atoms with Crippen LogP contribution in [0.5, 0.6) is 5.75 Å². The molecule has 1 unspecified atom stereocenters. The smallest absolute Gasteiger partial charge is 0.137 e. The first-order chi connectivity index (χ1) is 14.9. The molecule has 0 bridgehead atoms. The van der Waals surface area contributed by atoms with Crippen molar-refractivity contribution in [2.75, 3.05) is 31.8 Å². The Hall–Kier alpha value is -1.98. The molecule has 0 amide bonds. The summed E-state index contributed by atoms with van der Waals surface area (Å²) in [6.45, 7) is 7.61. The number of hydrogen-bond acceptors (Lipinski definition) is 4. The Balaban J connectivity index is 1.94. The molecule has 0 fully saturated rings. The van der Waals surface area contributed by atoms with E-state index < -0.39 is 0 Å². The van der Waals surface area contributed by atoms with Crippen molar-refractivity contribution < 1.29 is 4.74 Å². The lowest BCUT2D eigenvalue weighted by Crippen LogP contribution is -2.35. The molecule has 1 heterocycles. The Morgan fingerprint density at radius 2 is 1.97 bits per heavy atom. The Labute approximate surface area is 197 Å². The van der Waals surface area contributed by atoms with Crippen LogP contribution in [-0.2, 0) is 0 Å². The van der Waals surface area contributed by atoms with Gasteiger partial charge in [-0.25, -0.2) is 0 Å². The zero-order valence-electron chi connectivity index (χ0n) is 19.3. The van der Waals surface area contributed by atoms with Crippen molar-refractivity contribution >= 4 is 39.6 Å². The van der Waals surface area contributed by atoms with Gasteiger partial charge in [0.25, 0.3) is 0 Å². The zero-order chi connectivity index (χ0) is 22.4. The number of rotatable bonds is 7. The number of benzene rings is 2. The first-order valence-corrected chi connectivity index (χ1v) is 12.4. The molecule has 3 rings (SSSR count). The predicted octanol–water partition coefficient (Wildman–Crippen LogP) is 6.94. The fraction of sp³-hybridized carbons (Fsp3) is 0.423. The van der Waals surface area contributed by atoms with E-state index in [1.54, 1.807) is 7.11 Å². The van der Waals surface area contributed by atoms with Gasteiger partial charge < -0.3 is 15.0 Å². The van der Waals surface area contributed by atoms with Gasteiger partial charge in [0.2, 0.25) is 0 Å². The first-order valence-electron chi connectivity index (χ1n) is 11.0. The van der Waals surface area contributed by atoms with E-state index in [0.717, 1.165) is 28.8 Å². The lowest BCUT2D eigenvalue weighted by atomic mass is 9.91. The van der Waals surface area contributed by atoms with Crippen molar-refractivity contribution in [1.82, 2.24) is 4.90 Å². The summed E-state index contributed by atoms with van der Waals surface area (Å²) in [5.74, 6) is 2.64. The third-order valence-electron chi connectivity index (χ3n) is 5.72. The molecule has 166 valence electrons. The average Bonchev–Trinajstić information content (AvgIpc) is 2.78. The van der Waals surface area contributed by atoms with Crippen LogP contribution in [0.1, 0.15) is 49.4 Å². The summed E-state index contributed by atoms with van der Waals surface area (Å²) in [4.78, 5) is 2.39. The summed E-state index contributed by atoms with van der Waals surface area (Å²) in [5.41, 5.74) is 6.35. The van der Waals surface area contributed by atoms with Gasteiger partial charge in [-0.2, -0.15) is 0 Å². The third kappa shape index (κ3) is 6.05. The SMILES string of the molecule is CNc1ccc(C)cc1C1=CC(c2ccc(OC)cc2)N(C(=S)SCCC(C)C)CC1. The highest BCUT2D eigenvalue weighted by atomic mass is 32.2. The fourth-order valence-electron chi connectivity index (χ4n) is 3.86. The van der Waals surface area contributed by atoms with E-state index in [4.69, 9.17) is 17.0 Å². The van der Waals surface area contributed by atoms with Crippen molar-refractivity contribution in [3.8, 4) is 5.75 Å². The van der Waals surface area contributed by atoms with Crippen LogP contribution >= 0.6 is 24.0 Å². The van der Waals surface area contributed by atoms with E-state index in [1.165, 1.54) is 34.4 Å². The number of methoxy groups -OCH3 is 1. The van der Waals surface area contributed by atoms with Crippen LogP contribution in [0.3, 0.4) is 0 Å². The van der Waals surface area contributed by atoms with Crippen LogP contribution in [0.2, 0.25) is 0 Å². The van der Waals surface area contributed by atoms with Crippen molar-refractivity contribution in [3.63, 3.8) is 0 Å². The highest BCUT2D eigenvalue weighted by Gasteiger charge is 2.27. The van der Waals surface area contributed by atoms with E-state index in [2.05, 4.69) is 67.4 Å². The third-order valence-corrected chi connectivity index (χ3v) is 7.23. The van der Waals surface area contributed by atoms with E-state index in [1.807, 2.05) is 30.9 Å². The van der Waals surface area contributed by atoms with Crippen molar-refractivity contribution in [2.45, 2.75) is 39.7 Å². The fourth-order valence-corrected chi connectivity index (χ4v) is 5.45. The maximum Gasteiger partial charge on any atom is 0.137 e. The minimum absolute atomic E-state index is 0.124. The quantitative estimate of drug-likeness (QED) is 0.457. The molecule has 0 aromatic heterocycles. The monoisotopic (exact) mass is 454 g/mol. The molecule has 1 N–H and O–H groups in total. The number of ether oxygens (including phenoxy) is 1. The Morgan fingerprint density at radius 3 is 2.61 bits per heavy atom. The normalized spacial score (nSPS) is 16.3. The number of nitrogens with one attached hydrogen (secondary N) is 1. The lowest BCUT2D eigenvalue weighted by molar-refractivity contribution is 0.372. The van der Waals surface area contributed by atoms with Crippen LogP contribution in [0.4, 0.5) is 5.69 Å². The highest BCUT2D eigenvalue weighted by molar-refractivity contribution is 8.22. The van der Waals surface area contributed by atoms with E-state index >= 15 is 0 Å². The molecule has 0 aliphatic carbocycles. The molecule has 3 nitrogen and oxygen atoms in total. The Morgan fingerprint density at radius 1 is 1.23 bits per heavy atom. The molecular weight excluding hydrogens is 420 g/mol. The number of thiocarbonyl (C=S) groups is 1. The Bertz CT molecular complexity index is 922. The van der Waals surface area contributed by atoms with Crippen LogP contribution in [0.15, 0.2) is 48.5 Å². The molecule has 2 aromatic rings. The van der Waals surface area contributed by atoms with Crippen molar-refractivity contribution in [1.29, 1.82) is 0 Å². The van der Waals surface area contributed by atoms with E-state index in [-0.39, 0.29) is 6.04 Å². The maximum atomic E-state index is 5.90. The van der Waals surface area contributed by atoms with Crippen LogP contribution in [-0.4, -0.2) is 35.7 Å². The van der Waals surface area contributed by atoms with Crippen LogP contribution in [0.25, 0.3) is 5.57 Å². The Kier molecular flexibility index (Phi) is 8.44. The molecule has 1 aliphatic heterocycles. The van der Waals surface area contributed by atoms with Gasteiger partial charge >= 0.3 is 0 Å². The summed E-state index contributed by atoms with van der Waals surface area (Å²) in [5, 5.41) is 3.36. The molecular formula is C26H34N2OS2. The number of anilines is 1. The topological polar surface area (TPSA) is 24.5 Å². The summed E-state index contributed by atoms with van der Waals surface area (Å²) in [7, 11) is 3.70. The minimum atomic E-state index is 0.124. The predicted molar refractivity (Wildman–Crippen MR) is 140 cm³/mol. The van der Waals surface area contributed by atoms with Crippen molar-refractivity contribution in [2.24, 2.45) is 5.92 Å². The minimum Gasteiger partial charge on any atom is -0.497 e. The number of aryl methyl sites for hydroxylation is 1. The summed E-state index contributed by atoms with van der Waals surface area (Å²) in [6.07, 6.45) is 4.56. The van der Waals surface area contributed by atoms with Gasteiger partial charge in [-0.1, -0.05) is 67.7 Å². The van der Waals surface area contributed by atoms with Crippen LogP contribution < -0.4 is 10.1 Å². The molecule has 1 atom stereocenters. The standard InChI is InChI=1S/C26H34N2OS2/c1-18(2)13-15-31-26(30)28-14-12-21(23-16-19(3)6-11-24(23)27-4)17-25(28)20-7-9-22(29-5)10-8-20/h6-11,16-18,25,27H,12-15H2,1-5H3. The maximum absolute atomic E-state index is 5.90. The van der Waals surface area contributed by atoms with Gasteiger partial charge in [0, 0.05) is 30.6 Å². The molecule has 1 aliphatic rings. The second-order valence-corrected chi connectivity index (χ2v) is 10.2. The number of hydrogen-bond donors (Lipinski definition) is 1. The summed E-state index contributed by atoms with van der Waals surface area (Å²) in [6, 6.07) is 15.1. The van der Waals surface area contributed by atoms with Gasteiger partial charge in [0.15, 0.2) is 0 Å². The van der Waals surface area contributed by atoms with Gasteiger partial charge in [0.05, 0.1) is 13.2 Å². The molecule has 5 heteroatoms. The molecule has 0 saturated heterocycles. The molecule has 31 heavy (non-hydrogen) atoms. The lowest BCUT2D eigenvalue weighted by Gasteiger charge is -2.37. The summed E-state index contributed by atoms with van der Waals surface area (Å²) >= 11 is 7.71. The molecule has 0 saturated carbocycles. The second-order valence-electron chi connectivity index (χ2n) is 8.45. The largest absolute Gasteiger partial charge is 0.497 e. The molecule has 0 spiro atoms. The first kappa shape index (κ1) is 23.7. The zero-order valence-corrected chi connectivity index (χ0v) is 20.9. The van der Waals surface area contributed by atoms with Gasteiger partial charge in [-0.05, 0) is 61.1 Å². The second kappa shape index (κ2) is 11.1. The highest BCUT2D eigenvalue weighted by Crippen LogP contribution is 2.38. The average molecular weight is 455 g/mol. The molecule has 0 radical (unpaired) electrons. The van der Waals surface area contributed by atoms with Crippen molar-refractivity contribution in [3.05, 3.63) is 65.2 Å². The summed E-state index contributed by atoms with van der Waals surface area (Å²) < 4.78 is 6.37. The van der Waals surface area contributed by atoms with E-state index in [0.29, 0.717) is 5.92 Å². The van der Waals surface area contributed by atoms with Gasteiger partial charge in [-0.15, -0.1) is 0 Å². The van der Waals surface area contributed by atoms with Gasteiger partial charge in [-0.3, -0.25) is 0 Å². The number of nitrogens with zero attached hydrogens (tertiary/aromatic N) is 1. The number of thioether (sulfide) groups is 1. The van der Waals surface area contributed by atoms with Gasteiger partial charge in [0.1, 0.15) is 10.1 Å².